The predicted octanol–water partition coefficient (Wildman–Crippen LogP) is 0.748. The molecule has 1 unspecified atom stereocenters. The van der Waals surface area contributed by atoms with Crippen molar-refractivity contribution >= 4 is 30.7 Å². The van der Waals surface area contributed by atoms with Crippen LogP contribution in [0.1, 0.15) is 20.3 Å². The van der Waals surface area contributed by atoms with Crippen LogP contribution in [0.3, 0.4) is 0 Å². The van der Waals surface area contributed by atoms with Crippen molar-refractivity contribution in [1.82, 2.24) is 9.80 Å². The summed E-state index contributed by atoms with van der Waals surface area (Å²) < 4.78 is 5.38. The third-order valence-corrected chi connectivity index (χ3v) is 3.33. The Morgan fingerprint density at radius 2 is 2.00 bits per heavy atom. The molecule has 1 heterocycles. The van der Waals surface area contributed by atoms with Gasteiger partial charge in [-0.25, -0.2) is 0 Å². The van der Waals surface area contributed by atoms with Crippen LogP contribution in [0.15, 0.2) is 0 Å². The van der Waals surface area contributed by atoms with E-state index in [-0.39, 0.29) is 37.3 Å². The van der Waals surface area contributed by atoms with Crippen molar-refractivity contribution in [1.29, 1.82) is 0 Å². The summed E-state index contributed by atoms with van der Waals surface area (Å²) >= 11 is 0. The fourth-order valence-electron chi connectivity index (χ4n) is 2.26. The van der Waals surface area contributed by atoms with Crippen LogP contribution in [-0.2, 0) is 9.53 Å². The van der Waals surface area contributed by atoms with E-state index >= 15 is 0 Å². The van der Waals surface area contributed by atoms with Crippen molar-refractivity contribution < 1.29 is 9.53 Å². The van der Waals surface area contributed by atoms with E-state index in [1.54, 1.807) is 0 Å². The molecule has 0 aromatic heterocycles. The lowest BCUT2D eigenvalue weighted by Crippen LogP contribution is -2.56. The quantitative estimate of drug-likeness (QED) is 0.735. The van der Waals surface area contributed by atoms with Gasteiger partial charge in [0.25, 0.3) is 0 Å². The van der Waals surface area contributed by atoms with Crippen LogP contribution < -0.4 is 5.73 Å². The van der Waals surface area contributed by atoms with E-state index in [1.807, 2.05) is 11.8 Å². The molecule has 5 nitrogen and oxygen atoms in total. The molecule has 7 heteroatoms. The number of piperazine rings is 1. The average Bonchev–Trinajstić information content (AvgIpc) is 2.38. The predicted molar refractivity (Wildman–Crippen MR) is 82.3 cm³/mol. The summed E-state index contributed by atoms with van der Waals surface area (Å²) in [5.41, 5.74) is 5.40. The summed E-state index contributed by atoms with van der Waals surface area (Å²) in [5, 5.41) is 0. The minimum atomic E-state index is 0. The van der Waals surface area contributed by atoms with Gasteiger partial charge in [0.2, 0.25) is 5.91 Å². The molecule has 0 bridgehead atoms. The van der Waals surface area contributed by atoms with Gasteiger partial charge in [-0.3, -0.25) is 9.69 Å². The molecular formula is C12H27Cl2N3O2. The Kier molecular flexibility index (Phi) is 13.1. The first kappa shape index (κ1) is 21.2. The molecule has 2 N–H and O–H groups in total. The summed E-state index contributed by atoms with van der Waals surface area (Å²) in [4.78, 5) is 15.8. The Labute approximate surface area is 128 Å². The number of ether oxygens (including phenoxy) is 1. The van der Waals surface area contributed by atoms with E-state index in [1.165, 1.54) is 0 Å². The lowest BCUT2D eigenvalue weighted by molar-refractivity contribution is -0.132. The number of rotatable bonds is 6. The molecule has 1 atom stereocenters. The van der Waals surface area contributed by atoms with E-state index in [9.17, 15) is 4.79 Å². The van der Waals surface area contributed by atoms with E-state index in [0.717, 1.165) is 45.8 Å². The van der Waals surface area contributed by atoms with E-state index < -0.39 is 0 Å². The molecule has 1 rings (SSSR count). The van der Waals surface area contributed by atoms with Gasteiger partial charge < -0.3 is 15.4 Å². The van der Waals surface area contributed by atoms with Gasteiger partial charge in [-0.15, -0.1) is 24.8 Å². The lowest BCUT2D eigenvalue weighted by atomic mass is 10.1. The van der Waals surface area contributed by atoms with Crippen molar-refractivity contribution in [3.63, 3.8) is 0 Å². The van der Waals surface area contributed by atoms with E-state index in [0.29, 0.717) is 6.04 Å². The second-order valence-corrected chi connectivity index (χ2v) is 4.34. The molecule has 116 valence electrons. The highest BCUT2D eigenvalue weighted by atomic mass is 35.5. The molecule has 0 spiro atoms. The van der Waals surface area contributed by atoms with Gasteiger partial charge in [0.15, 0.2) is 0 Å². The van der Waals surface area contributed by atoms with Gasteiger partial charge in [-0.05, 0) is 13.3 Å². The van der Waals surface area contributed by atoms with Crippen LogP contribution in [-0.4, -0.2) is 67.7 Å². The molecule has 1 fully saturated rings. The third-order valence-electron chi connectivity index (χ3n) is 3.33. The van der Waals surface area contributed by atoms with Crippen LogP contribution in [0.2, 0.25) is 0 Å². The molecule has 0 aromatic rings. The Morgan fingerprint density at radius 1 is 1.32 bits per heavy atom. The molecular weight excluding hydrogens is 289 g/mol. The average molecular weight is 316 g/mol. The summed E-state index contributed by atoms with van der Waals surface area (Å²) in [6.45, 7) is 9.31. The summed E-state index contributed by atoms with van der Waals surface area (Å²) in [5.74, 6) is 0.0629. The molecule has 1 aliphatic heterocycles. The van der Waals surface area contributed by atoms with Crippen molar-refractivity contribution in [2.45, 2.75) is 26.3 Å². The number of carbonyl (C=O) groups is 1. The van der Waals surface area contributed by atoms with Gasteiger partial charge in [0.1, 0.15) is 0 Å². The Balaban J connectivity index is 0. The van der Waals surface area contributed by atoms with Gasteiger partial charge in [0, 0.05) is 38.8 Å². The highest BCUT2D eigenvalue weighted by molar-refractivity contribution is 5.85. The Bertz CT molecular complexity index is 245. The zero-order chi connectivity index (χ0) is 12.7. The number of nitrogens with zero attached hydrogens (tertiary/aromatic N) is 2. The highest BCUT2D eigenvalue weighted by Crippen LogP contribution is 2.12. The second kappa shape index (κ2) is 11.7. The molecule has 19 heavy (non-hydrogen) atoms. The van der Waals surface area contributed by atoms with Gasteiger partial charge in [-0.2, -0.15) is 0 Å². The standard InChI is InChI=1S/C12H25N3O2.2ClH/c1-3-11-10-15(12(16)9-13)6-5-14(11)7-8-17-4-2;;/h11H,3-10,13H2,1-2H3;2*1H. The number of nitrogens with two attached hydrogens (primary N) is 1. The summed E-state index contributed by atoms with van der Waals surface area (Å²) in [7, 11) is 0. The van der Waals surface area contributed by atoms with Crippen LogP contribution >= 0.6 is 24.8 Å². The van der Waals surface area contributed by atoms with Crippen molar-refractivity contribution in [2.75, 3.05) is 45.9 Å². The monoisotopic (exact) mass is 315 g/mol. The largest absolute Gasteiger partial charge is 0.380 e. The first-order chi connectivity index (χ1) is 8.22. The number of carbonyl (C=O) groups excluding carboxylic acids is 1. The normalized spacial score (nSPS) is 19.5. The zero-order valence-corrected chi connectivity index (χ0v) is 13.5. The maximum absolute atomic E-state index is 11.6. The van der Waals surface area contributed by atoms with Gasteiger partial charge in [0.05, 0.1) is 13.2 Å². The highest BCUT2D eigenvalue weighted by Gasteiger charge is 2.27. The van der Waals surface area contributed by atoms with E-state index in [4.69, 9.17) is 10.5 Å². The minimum absolute atomic E-state index is 0. The van der Waals surface area contributed by atoms with Crippen LogP contribution in [0.5, 0.6) is 0 Å². The second-order valence-electron chi connectivity index (χ2n) is 4.34. The van der Waals surface area contributed by atoms with Gasteiger partial charge in [-0.1, -0.05) is 6.92 Å². The first-order valence-electron chi connectivity index (χ1n) is 6.52. The Hall–Kier alpha value is -0.0700. The molecule has 1 aliphatic rings. The van der Waals surface area contributed by atoms with Crippen molar-refractivity contribution in [3.05, 3.63) is 0 Å². The summed E-state index contributed by atoms with van der Waals surface area (Å²) in [6.07, 6.45) is 1.06. The van der Waals surface area contributed by atoms with Crippen molar-refractivity contribution in [2.24, 2.45) is 5.73 Å². The molecule has 0 aromatic carbocycles. The summed E-state index contributed by atoms with van der Waals surface area (Å²) in [6, 6.07) is 0.444. The molecule has 0 aliphatic carbocycles. The smallest absolute Gasteiger partial charge is 0.236 e. The molecule has 0 saturated carbocycles. The van der Waals surface area contributed by atoms with Crippen LogP contribution in [0, 0.1) is 0 Å². The molecule has 1 saturated heterocycles. The Morgan fingerprint density at radius 3 is 2.53 bits per heavy atom. The number of hydrogen-bond acceptors (Lipinski definition) is 4. The molecule has 0 radical (unpaired) electrons. The zero-order valence-electron chi connectivity index (χ0n) is 11.8. The SMILES string of the molecule is CCOCCN1CCN(C(=O)CN)CC1CC.Cl.Cl. The number of halogens is 2. The maximum atomic E-state index is 11.6. The fourth-order valence-corrected chi connectivity index (χ4v) is 2.26. The van der Waals surface area contributed by atoms with Crippen LogP contribution in [0.4, 0.5) is 0 Å². The number of amides is 1. The topological polar surface area (TPSA) is 58.8 Å². The van der Waals surface area contributed by atoms with E-state index in [2.05, 4.69) is 11.8 Å². The maximum Gasteiger partial charge on any atom is 0.236 e. The fraction of sp³-hybridized carbons (Fsp3) is 0.917. The third kappa shape index (κ3) is 6.77. The molecule has 1 amide bonds. The first-order valence-corrected chi connectivity index (χ1v) is 6.52. The van der Waals surface area contributed by atoms with Crippen LogP contribution in [0.25, 0.3) is 0 Å². The number of hydrogen-bond donors (Lipinski definition) is 1. The van der Waals surface area contributed by atoms with Gasteiger partial charge >= 0.3 is 0 Å². The lowest BCUT2D eigenvalue weighted by Gasteiger charge is -2.41. The van der Waals surface area contributed by atoms with Crippen molar-refractivity contribution in [3.8, 4) is 0 Å². The minimum Gasteiger partial charge on any atom is -0.380 e.